The number of hydrogen-bond donors (Lipinski definition) is 2. The lowest BCUT2D eigenvalue weighted by atomic mass is 10.2. The highest BCUT2D eigenvalue weighted by molar-refractivity contribution is 5.74. The topological polar surface area (TPSA) is 58.4 Å². The number of likely N-dealkylation sites (tertiary alicyclic amines) is 1. The van der Waals surface area contributed by atoms with Crippen molar-refractivity contribution >= 4 is 6.03 Å². The third-order valence-electron chi connectivity index (χ3n) is 2.37. The smallest absolute Gasteiger partial charge is 0.317 e. The Labute approximate surface area is 79.5 Å². The van der Waals surface area contributed by atoms with E-state index in [4.69, 9.17) is 5.73 Å². The molecular formula is C9H19N3O. The molecular weight excluding hydrogens is 166 g/mol. The molecule has 0 aromatic rings. The van der Waals surface area contributed by atoms with Crippen LogP contribution >= 0.6 is 0 Å². The lowest BCUT2D eigenvalue weighted by Gasteiger charge is -2.16. The molecule has 0 aliphatic carbocycles. The van der Waals surface area contributed by atoms with Gasteiger partial charge in [0.15, 0.2) is 0 Å². The molecule has 2 amide bonds. The van der Waals surface area contributed by atoms with Crippen LogP contribution in [-0.4, -0.2) is 37.1 Å². The van der Waals surface area contributed by atoms with E-state index in [0.29, 0.717) is 19.0 Å². The van der Waals surface area contributed by atoms with Crippen LogP contribution < -0.4 is 11.1 Å². The van der Waals surface area contributed by atoms with Crippen molar-refractivity contribution in [1.82, 2.24) is 10.2 Å². The summed E-state index contributed by atoms with van der Waals surface area (Å²) < 4.78 is 0. The second-order valence-electron chi connectivity index (χ2n) is 3.71. The zero-order valence-corrected chi connectivity index (χ0v) is 8.25. The second kappa shape index (κ2) is 5.07. The fourth-order valence-electron chi connectivity index (χ4n) is 1.53. The Morgan fingerprint density at radius 2 is 2.46 bits per heavy atom. The van der Waals surface area contributed by atoms with Crippen LogP contribution in [0.4, 0.5) is 4.79 Å². The largest absolute Gasteiger partial charge is 0.338 e. The maximum absolute atomic E-state index is 11.4. The van der Waals surface area contributed by atoms with Crippen LogP contribution in [0.15, 0.2) is 0 Å². The maximum Gasteiger partial charge on any atom is 0.317 e. The van der Waals surface area contributed by atoms with E-state index in [1.54, 1.807) is 0 Å². The molecule has 76 valence electrons. The van der Waals surface area contributed by atoms with E-state index in [1.807, 2.05) is 4.90 Å². The van der Waals surface area contributed by atoms with Crippen molar-refractivity contribution in [1.29, 1.82) is 0 Å². The van der Waals surface area contributed by atoms with Crippen LogP contribution in [0.2, 0.25) is 0 Å². The highest BCUT2D eigenvalue weighted by Crippen LogP contribution is 2.14. The van der Waals surface area contributed by atoms with Gasteiger partial charge in [0.1, 0.15) is 0 Å². The third-order valence-corrected chi connectivity index (χ3v) is 2.37. The Morgan fingerprint density at radius 3 is 3.00 bits per heavy atom. The highest BCUT2D eigenvalue weighted by atomic mass is 16.2. The van der Waals surface area contributed by atoms with E-state index < -0.39 is 0 Å². The minimum absolute atomic E-state index is 0.0674. The summed E-state index contributed by atoms with van der Waals surface area (Å²) in [7, 11) is 0. The molecule has 0 aromatic carbocycles. The van der Waals surface area contributed by atoms with Crippen molar-refractivity contribution in [3.8, 4) is 0 Å². The number of nitrogens with one attached hydrogen (secondary N) is 1. The Morgan fingerprint density at radius 1 is 1.69 bits per heavy atom. The number of nitrogens with two attached hydrogens (primary N) is 1. The summed E-state index contributed by atoms with van der Waals surface area (Å²) in [5.41, 5.74) is 5.33. The zero-order valence-electron chi connectivity index (χ0n) is 8.25. The lowest BCUT2D eigenvalue weighted by Crippen LogP contribution is -2.39. The first-order valence-corrected chi connectivity index (χ1v) is 4.97. The van der Waals surface area contributed by atoms with E-state index in [-0.39, 0.29) is 6.03 Å². The number of amides is 2. The standard InChI is InChI=1S/C9H19N3O/c1-8-3-6-12(7-8)9(13)11-5-2-4-10/h8H,2-7,10H2,1H3,(H,11,13). The molecule has 0 radical (unpaired) electrons. The minimum atomic E-state index is 0.0674. The van der Waals surface area contributed by atoms with Gasteiger partial charge in [-0.3, -0.25) is 0 Å². The van der Waals surface area contributed by atoms with Gasteiger partial charge in [0, 0.05) is 19.6 Å². The minimum Gasteiger partial charge on any atom is -0.338 e. The average molecular weight is 185 g/mol. The van der Waals surface area contributed by atoms with Crippen LogP contribution in [0.5, 0.6) is 0 Å². The molecule has 0 bridgehead atoms. The Bertz CT molecular complexity index is 172. The monoisotopic (exact) mass is 185 g/mol. The molecule has 13 heavy (non-hydrogen) atoms. The number of hydrogen-bond acceptors (Lipinski definition) is 2. The summed E-state index contributed by atoms with van der Waals surface area (Å²) in [6, 6.07) is 0.0674. The van der Waals surface area contributed by atoms with E-state index in [0.717, 1.165) is 25.9 Å². The van der Waals surface area contributed by atoms with Crippen molar-refractivity contribution in [2.24, 2.45) is 11.7 Å². The number of rotatable bonds is 3. The van der Waals surface area contributed by atoms with Gasteiger partial charge in [0.2, 0.25) is 0 Å². The van der Waals surface area contributed by atoms with Gasteiger partial charge in [-0.05, 0) is 25.3 Å². The Kier molecular flexibility index (Phi) is 4.02. The summed E-state index contributed by atoms with van der Waals surface area (Å²) >= 11 is 0. The molecule has 1 saturated heterocycles. The predicted octanol–water partition coefficient (Wildman–Crippen LogP) is 0.387. The van der Waals surface area contributed by atoms with Gasteiger partial charge in [-0.15, -0.1) is 0 Å². The lowest BCUT2D eigenvalue weighted by molar-refractivity contribution is 0.207. The second-order valence-corrected chi connectivity index (χ2v) is 3.71. The molecule has 1 unspecified atom stereocenters. The molecule has 4 heteroatoms. The molecule has 1 atom stereocenters. The van der Waals surface area contributed by atoms with Crippen LogP contribution in [0.3, 0.4) is 0 Å². The Hall–Kier alpha value is -0.770. The van der Waals surface area contributed by atoms with Gasteiger partial charge in [-0.1, -0.05) is 6.92 Å². The van der Waals surface area contributed by atoms with Crippen LogP contribution in [0.25, 0.3) is 0 Å². The summed E-state index contributed by atoms with van der Waals surface area (Å²) in [6.07, 6.45) is 1.99. The van der Waals surface area contributed by atoms with Crippen LogP contribution in [0, 0.1) is 5.92 Å². The zero-order chi connectivity index (χ0) is 9.68. The predicted molar refractivity (Wildman–Crippen MR) is 52.4 cm³/mol. The highest BCUT2D eigenvalue weighted by Gasteiger charge is 2.22. The number of urea groups is 1. The van der Waals surface area contributed by atoms with E-state index in [2.05, 4.69) is 12.2 Å². The van der Waals surface area contributed by atoms with Gasteiger partial charge in [-0.2, -0.15) is 0 Å². The normalized spacial score (nSPS) is 22.0. The van der Waals surface area contributed by atoms with E-state index in [1.165, 1.54) is 0 Å². The van der Waals surface area contributed by atoms with Gasteiger partial charge in [0.25, 0.3) is 0 Å². The quantitative estimate of drug-likeness (QED) is 0.625. The summed E-state index contributed by atoms with van der Waals surface area (Å²) in [6.45, 7) is 5.30. The molecule has 1 heterocycles. The molecule has 4 nitrogen and oxygen atoms in total. The van der Waals surface area contributed by atoms with Gasteiger partial charge in [-0.25, -0.2) is 4.79 Å². The first-order valence-electron chi connectivity index (χ1n) is 4.97. The van der Waals surface area contributed by atoms with Crippen LogP contribution in [0.1, 0.15) is 19.8 Å². The SMILES string of the molecule is CC1CCN(C(=O)NCCCN)C1. The fourth-order valence-corrected chi connectivity index (χ4v) is 1.53. The summed E-state index contributed by atoms with van der Waals surface area (Å²) in [5.74, 6) is 0.653. The maximum atomic E-state index is 11.4. The molecule has 0 spiro atoms. The van der Waals surface area contributed by atoms with Crippen molar-refractivity contribution < 1.29 is 4.79 Å². The molecule has 1 aliphatic rings. The van der Waals surface area contributed by atoms with Crippen molar-refractivity contribution in [2.75, 3.05) is 26.2 Å². The molecule has 0 saturated carbocycles. The van der Waals surface area contributed by atoms with E-state index >= 15 is 0 Å². The molecule has 0 aromatic heterocycles. The fraction of sp³-hybridized carbons (Fsp3) is 0.889. The number of carbonyl (C=O) groups excluding carboxylic acids is 1. The number of nitrogens with zero attached hydrogens (tertiary/aromatic N) is 1. The summed E-state index contributed by atoms with van der Waals surface area (Å²) in [5, 5.41) is 2.85. The molecule has 1 fully saturated rings. The third kappa shape index (κ3) is 3.22. The molecule has 1 rings (SSSR count). The molecule has 3 N–H and O–H groups in total. The van der Waals surface area contributed by atoms with Gasteiger partial charge >= 0.3 is 6.03 Å². The average Bonchev–Trinajstić information content (AvgIpc) is 2.52. The first-order chi connectivity index (χ1) is 6.24. The first kappa shape index (κ1) is 10.3. The van der Waals surface area contributed by atoms with Crippen molar-refractivity contribution in [2.45, 2.75) is 19.8 Å². The van der Waals surface area contributed by atoms with Gasteiger partial charge in [0.05, 0.1) is 0 Å². The van der Waals surface area contributed by atoms with Crippen molar-refractivity contribution in [3.63, 3.8) is 0 Å². The van der Waals surface area contributed by atoms with Crippen molar-refractivity contribution in [3.05, 3.63) is 0 Å². The number of carbonyl (C=O) groups is 1. The van der Waals surface area contributed by atoms with Crippen LogP contribution in [-0.2, 0) is 0 Å². The Balaban J connectivity index is 2.16. The van der Waals surface area contributed by atoms with Gasteiger partial charge < -0.3 is 16.0 Å². The van der Waals surface area contributed by atoms with E-state index in [9.17, 15) is 4.79 Å². The summed E-state index contributed by atoms with van der Waals surface area (Å²) in [4.78, 5) is 13.3. The molecule has 1 aliphatic heterocycles.